The fraction of sp³-hybridized carbons (Fsp3) is 0.600. The molecule has 1 aliphatic carbocycles. The number of aliphatic hydroxyl groups is 1. The van der Waals surface area contributed by atoms with Gasteiger partial charge >= 0.3 is 12.2 Å². The second kappa shape index (κ2) is 6.36. The quantitative estimate of drug-likeness (QED) is 0.907. The second-order valence-corrected chi connectivity index (χ2v) is 7.05. The Morgan fingerprint density at radius 3 is 2.71 bits per heavy atom. The van der Waals surface area contributed by atoms with Gasteiger partial charge in [-0.15, -0.1) is 11.3 Å². The zero-order valence-corrected chi connectivity index (χ0v) is 14.1. The van der Waals surface area contributed by atoms with Crippen molar-refractivity contribution in [3.63, 3.8) is 0 Å². The Balaban J connectivity index is 2.04. The van der Waals surface area contributed by atoms with Crippen molar-refractivity contribution in [2.75, 3.05) is 19.1 Å². The minimum Gasteiger partial charge on any atom is -0.467 e. The summed E-state index contributed by atoms with van der Waals surface area (Å²) >= 11 is 0.988. The maximum absolute atomic E-state index is 12.7. The van der Waals surface area contributed by atoms with Crippen LogP contribution in [-0.4, -0.2) is 47.6 Å². The molecule has 2 heterocycles. The maximum atomic E-state index is 12.7. The van der Waals surface area contributed by atoms with Crippen LogP contribution in [0.1, 0.15) is 24.1 Å². The van der Waals surface area contributed by atoms with Gasteiger partial charge in [0.15, 0.2) is 0 Å². The Hall–Kier alpha value is -1.61. The van der Waals surface area contributed by atoms with E-state index in [1.165, 1.54) is 13.2 Å². The van der Waals surface area contributed by atoms with Crippen LogP contribution in [0, 0.1) is 0 Å². The van der Waals surface area contributed by atoms with Gasteiger partial charge in [-0.3, -0.25) is 0 Å². The fourth-order valence-corrected chi connectivity index (χ4v) is 4.16. The van der Waals surface area contributed by atoms with E-state index in [1.54, 1.807) is 7.05 Å². The highest BCUT2D eigenvalue weighted by Gasteiger charge is 2.32. The zero-order valence-electron chi connectivity index (χ0n) is 13.3. The van der Waals surface area contributed by atoms with E-state index in [1.807, 2.05) is 4.90 Å². The molecule has 1 aliphatic rings. The number of hydrogen-bond donors (Lipinski definition) is 1. The van der Waals surface area contributed by atoms with E-state index in [4.69, 9.17) is 4.74 Å². The summed E-state index contributed by atoms with van der Waals surface area (Å²) in [6.45, 7) is 0. The molecule has 0 bridgehead atoms. The van der Waals surface area contributed by atoms with Crippen molar-refractivity contribution in [2.45, 2.75) is 44.0 Å². The highest BCUT2D eigenvalue weighted by atomic mass is 32.1. The average Bonchev–Trinajstić information content (AvgIpc) is 3.08. The van der Waals surface area contributed by atoms with Crippen LogP contribution in [0.25, 0.3) is 10.2 Å². The molecule has 2 atom stereocenters. The summed E-state index contributed by atoms with van der Waals surface area (Å²) in [5.74, 6) is 0.493. The molecular weight excluding hydrogens is 343 g/mol. The van der Waals surface area contributed by atoms with E-state index >= 15 is 0 Å². The molecule has 9 heteroatoms. The highest BCUT2D eigenvalue weighted by Crippen LogP contribution is 2.37. The van der Waals surface area contributed by atoms with Gasteiger partial charge in [0, 0.05) is 11.9 Å². The number of nitrogens with zero attached hydrogens (tertiary/aromatic N) is 3. The molecule has 1 fully saturated rings. The predicted molar refractivity (Wildman–Crippen MR) is 85.8 cm³/mol. The molecule has 0 saturated heterocycles. The number of anilines is 1. The van der Waals surface area contributed by atoms with Crippen LogP contribution < -0.4 is 9.64 Å². The minimum absolute atomic E-state index is 0.109. The Labute approximate surface area is 141 Å². The lowest BCUT2D eigenvalue weighted by Gasteiger charge is -2.28. The van der Waals surface area contributed by atoms with Crippen LogP contribution in [0.2, 0.25) is 0 Å². The summed E-state index contributed by atoms with van der Waals surface area (Å²) in [5.41, 5.74) is 0. The molecule has 2 aromatic rings. The molecule has 0 amide bonds. The smallest absolute Gasteiger partial charge is 0.393 e. The largest absolute Gasteiger partial charge is 0.467 e. The van der Waals surface area contributed by atoms with Crippen molar-refractivity contribution in [2.24, 2.45) is 0 Å². The van der Waals surface area contributed by atoms with Gasteiger partial charge in [0.05, 0.1) is 31.1 Å². The molecule has 0 spiro atoms. The number of halogens is 3. The first kappa shape index (κ1) is 17.2. The Morgan fingerprint density at radius 1 is 1.38 bits per heavy atom. The number of rotatable bonds is 4. The SMILES string of the molecule is COc1nc(N(C)C2CCCC2O)c2cc(CC(F)(F)F)sc2n1. The zero-order chi connectivity index (χ0) is 17.5. The lowest BCUT2D eigenvalue weighted by molar-refractivity contribution is -0.126. The van der Waals surface area contributed by atoms with E-state index < -0.39 is 18.7 Å². The topological polar surface area (TPSA) is 58.5 Å². The Kier molecular flexibility index (Phi) is 4.56. The third kappa shape index (κ3) is 3.41. The van der Waals surface area contributed by atoms with Gasteiger partial charge in [-0.1, -0.05) is 0 Å². The lowest BCUT2D eigenvalue weighted by Crippen LogP contribution is -2.38. The van der Waals surface area contributed by atoms with Crippen LogP contribution in [0.15, 0.2) is 6.07 Å². The fourth-order valence-electron chi connectivity index (χ4n) is 3.11. The first-order valence-corrected chi connectivity index (χ1v) is 8.42. The van der Waals surface area contributed by atoms with Gasteiger partial charge in [-0.05, 0) is 25.3 Å². The molecule has 5 nitrogen and oxygen atoms in total. The summed E-state index contributed by atoms with van der Waals surface area (Å²) in [5, 5.41) is 10.7. The van der Waals surface area contributed by atoms with E-state index in [2.05, 4.69) is 9.97 Å². The minimum atomic E-state index is -4.27. The molecule has 0 radical (unpaired) electrons. The van der Waals surface area contributed by atoms with E-state index in [0.717, 1.165) is 24.2 Å². The van der Waals surface area contributed by atoms with Crippen LogP contribution in [0.4, 0.5) is 19.0 Å². The van der Waals surface area contributed by atoms with Crippen LogP contribution in [-0.2, 0) is 6.42 Å². The molecule has 1 saturated carbocycles. The van der Waals surface area contributed by atoms with E-state index in [0.29, 0.717) is 22.5 Å². The van der Waals surface area contributed by atoms with Crippen LogP contribution in [0.5, 0.6) is 6.01 Å². The van der Waals surface area contributed by atoms with Gasteiger partial charge in [0.2, 0.25) is 0 Å². The highest BCUT2D eigenvalue weighted by molar-refractivity contribution is 7.18. The number of hydrogen-bond acceptors (Lipinski definition) is 6. The molecular formula is C15H18F3N3O2S. The summed E-state index contributed by atoms with van der Waals surface area (Å²) in [7, 11) is 3.21. The normalized spacial score (nSPS) is 21.4. The number of ether oxygens (including phenoxy) is 1. The van der Waals surface area contributed by atoms with Crippen molar-refractivity contribution in [3.8, 4) is 6.01 Å². The predicted octanol–water partition coefficient (Wildman–Crippen LogP) is 3.15. The van der Waals surface area contributed by atoms with Crippen molar-refractivity contribution in [1.29, 1.82) is 0 Å². The second-order valence-electron chi connectivity index (χ2n) is 5.93. The van der Waals surface area contributed by atoms with Crippen molar-refractivity contribution < 1.29 is 23.0 Å². The number of alkyl halides is 3. The molecule has 2 unspecified atom stereocenters. The van der Waals surface area contributed by atoms with Gasteiger partial charge in [-0.25, -0.2) is 0 Å². The van der Waals surface area contributed by atoms with Gasteiger partial charge in [0.1, 0.15) is 10.6 Å². The lowest BCUT2D eigenvalue weighted by atomic mass is 10.2. The standard InChI is InChI=1S/C15H18F3N3O2S/c1-21(10-4-3-5-11(10)22)12-9-6-8(7-15(16,17)18)24-13(9)20-14(19-12)23-2/h6,10-11,22H,3-5,7H2,1-2H3. The number of methoxy groups -OCH3 is 1. The molecule has 3 rings (SSSR count). The molecule has 0 aliphatic heterocycles. The molecule has 1 N–H and O–H groups in total. The number of thiophene rings is 1. The van der Waals surface area contributed by atoms with Gasteiger partial charge in [0.25, 0.3) is 0 Å². The van der Waals surface area contributed by atoms with Gasteiger partial charge < -0.3 is 14.7 Å². The third-order valence-corrected chi connectivity index (χ3v) is 5.26. The van der Waals surface area contributed by atoms with E-state index in [9.17, 15) is 18.3 Å². The van der Waals surface area contributed by atoms with E-state index in [-0.39, 0.29) is 16.9 Å². The summed E-state index contributed by atoms with van der Waals surface area (Å²) < 4.78 is 43.1. The number of aliphatic hydroxyl groups excluding tert-OH is 1. The average molecular weight is 361 g/mol. The summed E-state index contributed by atoms with van der Waals surface area (Å²) in [4.78, 5) is 10.9. The first-order chi connectivity index (χ1) is 11.3. The first-order valence-electron chi connectivity index (χ1n) is 7.60. The molecule has 2 aromatic heterocycles. The number of likely N-dealkylation sites (N-methyl/N-ethyl adjacent to an activating group) is 1. The monoisotopic (exact) mass is 361 g/mol. The molecule has 0 aromatic carbocycles. The van der Waals surface area contributed by atoms with Crippen LogP contribution >= 0.6 is 11.3 Å². The number of aromatic nitrogens is 2. The molecule has 24 heavy (non-hydrogen) atoms. The maximum Gasteiger partial charge on any atom is 0.393 e. The van der Waals surface area contributed by atoms with Gasteiger partial charge in [-0.2, -0.15) is 23.1 Å². The van der Waals surface area contributed by atoms with Crippen LogP contribution in [0.3, 0.4) is 0 Å². The Morgan fingerprint density at radius 2 is 2.12 bits per heavy atom. The van der Waals surface area contributed by atoms with Crippen molar-refractivity contribution in [3.05, 3.63) is 10.9 Å². The summed E-state index contributed by atoms with van der Waals surface area (Å²) in [6, 6.07) is 1.48. The third-order valence-electron chi connectivity index (χ3n) is 4.24. The van der Waals surface area contributed by atoms with Crippen molar-refractivity contribution >= 4 is 27.4 Å². The Bertz CT molecular complexity index is 735. The van der Waals surface area contributed by atoms with Crippen molar-refractivity contribution in [1.82, 2.24) is 9.97 Å². The summed E-state index contributed by atoms with van der Waals surface area (Å²) in [6.07, 6.45) is -3.31. The number of fused-ring (bicyclic) bond motifs is 1. The molecule has 132 valence electrons.